The number of rotatable bonds is 3. The van der Waals surface area contributed by atoms with Gasteiger partial charge in [0.25, 0.3) is 5.91 Å². The summed E-state index contributed by atoms with van der Waals surface area (Å²) in [4.78, 5) is 12.0. The van der Waals surface area contributed by atoms with Crippen LogP contribution in [0.1, 0.15) is 15.2 Å². The number of carbonyl (C=O) groups is 1. The van der Waals surface area contributed by atoms with E-state index in [-0.39, 0.29) is 5.91 Å². The summed E-state index contributed by atoms with van der Waals surface area (Å²) in [5.41, 5.74) is 0.940. The van der Waals surface area contributed by atoms with Gasteiger partial charge >= 0.3 is 0 Å². The first-order chi connectivity index (χ1) is 6.16. The van der Waals surface area contributed by atoms with Gasteiger partial charge in [-0.1, -0.05) is 17.7 Å². The summed E-state index contributed by atoms with van der Waals surface area (Å²) >= 11 is 7.26. The Balaban J connectivity index is 2.77. The first kappa shape index (κ1) is 10.3. The fourth-order valence-electron chi connectivity index (χ4n) is 0.828. The summed E-state index contributed by atoms with van der Waals surface area (Å²) < 4.78 is 0. The third kappa shape index (κ3) is 2.32. The summed E-state index contributed by atoms with van der Waals surface area (Å²) in [6.45, 7) is 5.85. The van der Waals surface area contributed by atoms with Crippen molar-refractivity contribution in [2.45, 2.75) is 6.92 Å². The van der Waals surface area contributed by atoms with Gasteiger partial charge < -0.3 is 5.32 Å². The van der Waals surface area contributed by atoms with Crippen LogP contribution >= 0.6 is 22.9 Å². The molecule has 1 rings (SSSR count). The number of hydrogen-bond acceptors (Lipinski definition) is 2. The molecule has 0 fully saturated rings. The second kappa shape index (κ2) is 4.44. The molecule has 1 heterocycles. The van der Waals surface area contributed by atoms with E-state index in [0.29, 0.717) is 16.4 Å². The van der Waals surface area contributed by atoms with Crippen molar-refractivity contribution in [2.75, 3.05) is 6.54 Å². The average Bonchev–Trinajstić information content (AvgIpc) is 2.44. The van der Waals surface area contributed by atoms with Crippen molar-refractivity contribution < 1.29 is 4.79 Å². The highest BCUT2D eigenvalue weighted by atomic mass is 35.5. The lowest BCUT2D eigenvalue weighted by Crippen LogP contribution is -2.22. The van der Waals surface area contributed by atoms with Gasteiger partial charge in [-0.25, -0.2) is 0 Å². The lowest BCUT2D eigenvalue weighted by molar-refractivity contribution is 0.0962. The third-order valence-corrected chi connectivity index (χ3v) is 3.21. The van der Waals surface area contributed by atoms with Gasteiger partial charge in [0.1, 0.15) is 4.88 Å². The number of carbonyl (C=O) groups excluding carboxylic acids is 1. The zero-order valence-electron chi connectivity index (χ0n) is 7.26. The fourth-order valence-corrected chi connectivity index (χ4v) is 2.02. The SMILES string of the molecule is C=CCNC(=O)c1scc(C)c1Cl. The van der Waals surface area contributed by atoms with Crippen LogP contribution in [-0.4, -0.2) is 12.5 Å². The molecule has 0 atom stereocenters. The Labute approximate surface area is 86.2 Å². The van der Waals surface area contributed by atoms with Gasteiger partial charge in [0.05, 0.1) is 5.02 Å². The summed E-state index contributed by atoms with van der Waals surface area (Å²) in [5, 5.41) is 5.09. The van der Waals surface area contributed by atoms with Crippen LogP contribution in [0.2, 0.25) is 5.02 Å². The molecular formula is C9H10ClNOS. The highest BCUT2D eigenvalue weighted by Crippen LogP contribution is 2.26. The third-order valence-electron chi connectivity index (χ3n) is 1.51. The van der Waals surface area contributed by atoms with Crippen LogP contribution in [0.5, 0.6) is 0 Å². The van der Waals surface area contributed by atoms with E-state index in [1.165, 1.54) is 11.3 Å². The van der Waals surface area contributed by atoms with E-state index in [4.69, 9.17) is 11.6 Å². The van der Waals surface area contributed by atoms with Gasteiger partial charge in [-0.3, -0.25) is 4.79 Å². The number of aryl methyl sites for hydroxylation is 1. The van der Waals surface area contributed by atoms with Crippen molar-refractivity contribution in [3.8, 4) is 0 Å². The van der Waals surface area contributed by atoms with Crippen molar-refractivity contribution in [3.63, 3.8) is 0 Å². The predicted octanol–water partition coefficient (Wildman–Crippen LogP) is 2.63. The van der Waals surface area contributed by atoms with Gasteiger partial charge in [-0.15, -0.1) is 17.9 Å². The van der Waals surface area contributed by atoms with Crippen molar-refractivity contribution in [1.29, 1.82) is 0 Å². The Morgan fingerprint density at radius 2 is 2.54 bits per heavy atom. The molecule has 0 spiro atoms. The number of halogens is 1. The molecule has 0 aliphatic carbocycles. The molecule has 70 valence electrons. The van der Waals surface area contributed by atoms with Crippen LogP contribution in [0, 0.1) is 6.92 Å². The first-order valence-electron chi connectivity index (χ1n) is 3.79. The summed E-state index contributed by atoms with van der Waals surface area (Å²) in [5.74, 6) is -0.136. The molecule has 0 bridgehead atoms. The van der Waals surface area contributed by atoms with Crippen LogP contribution in [0.4, 0.5) is 0 Å². The number of hydrogen-bond donors (Lipinski definition) is 1. The van der Waals surface area contributed by atoms with Crippen LogP contribution in [0.15, 0.2) is 18.0 Å². The maximum Gasteiger partial charge on any atom is 0.263 e. The Bertz CT molecular complexity index is 332. The monoisotopic (exact) mass is 215 g/mol. The van der Waals surface area contributed by atoms with Crippen molar-refractivity contribution in [2.24, 2.45) is 0 Å². The molecule has 0 aliphatic rings. The molecule has 0 aliphatic heterocycles. The van der Waals surface area contributed by atoms with E-state index >= 15 is 0 Å². The lowest BCUT2D eigenvalue weighted by atomic mass is 10.3. The minimum absolute atomic E-state index is 0.136. The van der Waals surface area contributed by atoms with E-state index in [2.05, 4.69) is 11.9 Å². The predicted molar refractivity (Wildman–Crippen MR) is 56.6 cm³/mol. The molecule has 2 nitrogen and oxygen atoms in total. The Hall–Kier alpha value is -0.800. The normalized spacial score (nSPS) is 9.69. The van der Waals surface area contributed by atoms with E-state index in [1.807, 2.05) is 12.3 Å². The zero-order chi connectivity index (χ0) is 9.84. The van der Waals surface area contributed by atoms with Gasteiger partial charge in [-0.05, 0) is 17.9 Å². The summed E-state index contributed by atoms with van der Waals surface area (Å²) in [7, 11) is 0. The molecule has 0 saturated carbocycles. The van der Waals surface area contributed by atoms with Crippen molar-refractivity contribution in [1.82, 2.24) is 5.32 Å². The van der Waals surface area contributed by atoms with E-state index in [1.54, 1.807) is 6.08 Å². The van der Waals surface area contributed by atoms with Crippen LogP contribution in [0.3, 0.4) is 0 Å². The highest BCUT2D eigenvalue weighted by Gasteiger charge is 2.12. The van der Waals surface area contributed by atoms with E-state index in [0.717, 1.165) is 5.56 Å². The maximum absolute atomic E-state index is 11.4. The number of amides is 1. The van der Waals surface area contributed by atoms with Crippen LogP contribution < -0.4 is 5.32 Å². The summed E-state index contributed by atoms with van der Waals surface area (Å²) in [6.07, 6.45) is 1.63. The molecule has 13 heavy (non-hydrogen) atoms. The largest absolute Gasteiger partial charge is 0.348 e. The molecular weight excluding hydrogens is 206 g/mol. The zero-order valence-corrected chi connectivity index (χ0v) is 8.84. The number of thiophene rings is 1. The molecule has 1 aromatic rings. The standard InChI is InChI=1S/C9H10ClNOS/c1-3-4-11-9(12)8-7(10)6(2)5-13-8/h3,5H,1,4H2,2H3,(H,11,12). The molecule has 1 amide bonds. The average molecular weight is 216 g/mol. The highest BCUT2D eigenvalue weighted by molar-refractivity contribution is 7.13. The minimum atomic E-state index is -0.136. The van der Waals surface area contributed by atoms with E-state index < -0.39 is 0 Å². The van der Waals surface area contributed by atoms with Crippen molar-refractivity contribution in [3.05, 3.63) is 33.5 Å². The van der Waals surface area contributed by atoms with Crippen LogP contribution in [0.25, 0.3) is 0 Å². The smallest absolute Gasteiger partial charge is 0.263 e. The second-order valence-electron chi connectivity index (χ2n) is 2.56. The molecule has 4 heteroatoms. The van der Waals surface area contributed by atoms with Gasteiger partial charge in [0.15, 0.2) is 0 Å². The van der Waals surface area contributed by atoms with E-state index in [9.17, 15) is 4.79 Å². The van der Waals surface area contributed by atoms with Crippen LogP contribution in [-0.2, 0) is 0 Å². The summed E-state index contributed by atoms with van der Waals surface area (Å²) in [6, 6.07) is 0. The molecule has 0 radical (unpaired) electrons. The lowest BCUT2D eigenvalue weighted by Gasteiger charge is -1.99. The van der Waals surface area contributed by atoms with Gasteiger partial charge in [0, 0.05) is 6.54 Å². The maximum atomic E-state index is 11.4. The second-order valence-corrected chi connectivity index (χ2v) is 3.82. The molecule has 1 N–H and O–H groups in total. The first-order valence-corrected chi connectivity index (χ1v) is 5.05. The van der Waals surface area contributed by atoms with Crippen molar-refractivity contribution >= 4 is 28.8 Å². The minimum Gasteiger partial charge on any atom is -0.348 e. The topological polar surface area (TPSA) is 29.1 Å². The number of nitrogens with one attached hydrogen (secondary N) is 1. The van der Waals surface area contributed by atoms with Gasteiger partial charge in [-0.2, -0.15) is 0 Å². The Morgan fingerprint density at radius 3 is 3.00 bits per heavy atom. The molecule has 0 aromatic carbocycles. The molecule has 0 unspecified atom stereocenters. The van der Waals surface area contributed by atoms with Gasteiger partial charge in [0.2, 0.25) is 0 Å². The molecule has 0 saturated heterocycles. The Kier molecular flexibility index (Phi) is 3.51. The molecule has 1 aromatic heterocycles. The quantitative estimate of drug-likeness (QED) is 0.772. The Morgan fingerprint density at radius 1 is 1.85 bits per heavy atom. The fraction of sp³-hybridized carbons (Fsp3) is 0.222.